The lowest BCUT2D eigenvalue weighted by molar-refractivity contribution is -0.136. The van der Waals surface area contributed by atoms with Gasteiger partial charge >= 0.3 is 12.0 Å². The Morgan fingerprint density at radius 1 is 1.12 bits per heavy atom. The van der Waals surface area contributed by atoms with Crippen LogP contribution in [0.4, 0.5) is 10.5 Å². The first kappa shape index (κ1) is 15.6. The summed E-state index contributed by atoms with van der Waals surface area (Å²) < 4.78 is 5.55. The Balaban J connectivity index is 1.97. The topological polar surface area (TPSA) is 75.7 Å². The van der Waals surface area contributed by atoms with Crippen LogP contribution in [0.1, 0.15) is 32.3 Å². The highest BCUT2D eigenvalue weighted by atomic mass is 16.5. The molecule has 2 aromatic rings. The largest absolute Gasteiger partial charge is 0.426 e. The van der Waals surface area contributed by atoms with E-state index in [1.165, 1.54) is 0 Å². The molecule has 0 spiro atoms. The molecule has 0 unspecified atom stereocenters. The van der Waals surface area contributed by atoms with Crippen LogP contribution < -0.4 is 15.0 Å². The number of carbonyl (C=O) groups excluding carboxylic acids is 3. The number of nitrogens with one attached hydrogen (secondary N) is 1. The maximum atomic E-state index is 12.3. The van der Waals surface area contributed by atoms with E-state index in [9.17, 15) is 14.4 Å². The number of amides is 3. The van der Waals surface area contributed by atoms with Gasteiger partial charge in [0, 0.05) is 34.7 Å². The molecule has 0 aromatic heterocycles. The van der Waals surface area contributed by atoms with Gasteiger partial charge in [-0.05, 0) is 6.07 Å². The van der Waals surface area contributed by atoms with Gasteiger partial charge in [-0.1, -0.05) is 38.1 Å². The van der Waals surface area contributed by atoms with E-state index in [1.807, 2.05) is 44.2 Å². The number of nitrogens with zero attached hydrogens (tertiary/aromatic N) is 1. The highest BCUT2D eigenvalue weighted by molar-refractivity contribution is 6.11. The maximum absolute atomic E-state index is 12.3. The summed E-state index contributed by atoms with van der Waals surface area (Å²) in [5.41, 5.74) is 1.22. The molecule has 2 aliphatic rings. The third kappa shape index (κ3) is 2.45. The molecule has 6 heteroatoms. The van der Waals surface area contributed by atoms with E-state index in [2.05, 4.69) is 5.32 Å². The third-order valence-corrected chi connectivity index (χ3v) is 4.85. The standard InChI is InChI=1S/C19H18N2O4/c1-19(2)10-16(23)25-17-12-6-4-3-5-11(12)14(9-13(17)19)21-8-7-15(22)20-18(21)24/h3-6,9H,7-8,10H2,1-2H3,(H,20,22,24). The molecule has 0 radical (unpaired) electrons. The predicted molar refractivity (Wildman–Crippen MR) is 92.7 cm³/mol. The van der Waals surface area contributed by atoms with Gasteiger partial charge in [0.05, 0.1) is 12.1 Å². The van der Waals surface area contributed by atoms with E-state index in [-0.39, 0.29) is 24.7 Å². The first-order valence-electron chi connectivity index (χ1n) is 8.25. The zero-order valence-electron chi connectivity index (χ0n) is 14.1. The Kier molecular flexibility index (Phi) is 3.32. The number of urea groups is 1. The number of esters is 1. The van der Waals surface area contributed by atoms with Gasteiger partial charge in [0.2, 0.25) is 5.91 Å². The Hall–Kier alpha value is -2.89. The molecule has 0 aliphatic carbocycles. The molecule has 4 rings (SSSR count). The van der Waals surface area contributed by atoms with Gasteiger partial charge in [-0.15, -0.1) is 0 Å². The van der Waals surface area contributed by atoms with E-state index in [0.717, 1.165) is 22.0 Å². The summed E-state index contributed by atoms with van der Waals surface area (Å²) in [5, 5.41) is 3.97. The van der Waals surface area contributed by atoms with Crippen LogP contribution in [-0.2, 0) is 15.0 Å². The van der Waals surface area contributed by atoms with Crippen LogP contribution in [0.3, 0.4) is 0 Å². The van der Waals surface area contributed by atoms with Gasteiger partial charge in [-0.25, -0.2) is 4.79 Å². The summed E-state index contributed by atoms with van der Waals surface area (Å²) in [6, 6.07) is 9.03. The fourth-order valence-electron chi connectivity index (χ4n) is 3.57. The van der Waals surface area contributed by atoms with Crippen molar-refractivity contribution in [3.8, 4) is 5.75 Å². The number of ether oxygens (including phenoxy) is 1. The first-order chi connectivity index (χ1) is 11.9. The van der Waals surface area contributed by atoms with Crippen molar-refractivity contribution in [1.82, 2.24) is 5.32 Å². The van der Waals surface area contributed by atoms with Crippen LogP contribution in [0.2, 0.25) is 0 Å². The molecule has 2 aliphatic heterocycles. The molecule has 2 aromatic carbocycles. The average Bonchev–Trinajstić information content (AvgIpc) is 2.54. The van der Waals surface area contributed by atoms with Gasteiger partial charge in [0.1, 0.15) is 5.75 Å². The molecular formula is C19H18N2O4. The molecule has 1 N–H and O–H groups in total. The SMILES string of the molecule is CC1(C)CC(=O)Oc2c1cc(N1CCC(=O)NC1=O)c1ccccc21. The Bertz CT molecular complexity index is 932. The quantitative estimate of drug-likeness (QED) is 0.641. The highest BCUT2D eigenvalue weighted by Gasteiger charge is 2.37. The van der Waals surface area contributed by atoms with Crippen LogP contribution in [0.15, 0.2) is 30.3 Å². The van der Waals surface area contributed by atoms with Gasteiger partial charge in [0.25, 0.3) is 0 Å². The Morgan fingerprint density at radius 3 is 2.56 bits per heavy atom. The molecule has 0 atom stereocenters. The summed E-state index contributed by atoms with van der Waals surface area (Å²) >= 11 is 0. The smallest absolute Gasteiger partial charge is 0.328 e. The van der Waals surface area contributed by atoms with Crippen LogP contribution >= 0.6 is 0 Å². The highest BCUT2D eigenvalue weighted by Crippen LogP contribution is 2.46. The minimum atomic E-state index is -0.424. The van der Waals surface area contributed by atoms with Gasteiger partial charge < -0.3 is 4.74 Å². The normalized spacial score (nSPS) is 19.4. The molecule has 0 bridgehead atoms. The fourth-order valence-corrected chi connectivity index (χ4v) is 3.57. The zero-order valence-corrected chi connectivity index (χ0v) is 14.1. The Labute approximate surface area is 144 Å². The molecular weight excluding hydrogens is 320 g/mol. The van der Waals surface area contributed by atoms with Crippen molar-refractivity contribution < 1.29 is 19.1 Å². The third-order valence-electron chi connectivity index (χ3n) is 4.85. The van der Waals surface area contributed by atoms with Crippen molar-refractivity contribution in [1.29, 1.82) is 0 Å². The van der Waals surface area contributed by atoms with Gasteiger partial charge in [-0.3, -0.25) is 19.8 Å². The van der Waals surface area contributed by atoms with Crippen LogP contribution in [-0.4, -0.2) is 24.5 Å². The van der Waals surface area contributed by atoms with E-state index in [1.54, 1.807) is 4.90 Å². The molecule has 0 saturated carbocycles. The molecule has 25 heavy (non-hydrogen) atoms. The van der Waals surface area contributed by atoms with Crippen molar-refractivity contribution in [3.63, 3.8) is 0 Å². The number of rotatable bonds is 1. The number of imide groups is 1. The van der Waals surface area contributed by atoms with Crippen molar-refractivity contribution in [3.05, 3.63) is 35.9 Å². The van der Waals surface area contributed by atoms with Crippen LogP contribution in [0.5, 0.6) is 5.75 Å². The average molecular weight is 338 g/mol. The number of carbonyl (C=O) groups is 3. The number of anilines is 1. The molecule has 2 heterocycles. The van der Waals surface area contributed by atoms with Crippen LogP contribution in [0, 0.1) is 0 Å². The number of hydrogen-bond donors (Lipinski definition) is 1. The fraction of sp³-hybridized carbons (Fsp3) is 0.316. The number of benzene rings is 2. The lowest BCUT2D eigenvalue weighted by Gasteiger charge is -2.34. The van der Waals surface area contributed by atoms with Gasteiger partial charge in [0.15, 0.2) is 0 Å². The lowest BCUT2D eigenvalue weighted by atomic mass is 9.78. The summed E-state index contributed by atoms with van der Waals surface area (Å²) in [5.74, 6) is 0.0450. The number of hydrogen-bond acceptors (Lipinski definition) is 4. The Morgan fingerprint density at radius 2 is 1.84 bits per heavy atom. The van der Waals surface area contributed by atoms with Crippen molar-refractivity contribution in [2.75, 3.05) is 11.4 Å². The maximum Gasteiger partial charge on any atom is 0.328 e. The summed E-state index contributed by atoms with van der Waals surface area (Å²) in [6.45, 7) is 4.31. The molecule has 1 fully saturated rings. The second kappa shape index (κ2) is 5.31. The lowest BCUT2D eigenvalue weighted by Crippen LogP contribution is -2.49. The van der Waals surface area contributed by atoms with E-state index >= 15 is 0 Å². The predicted octanol–water partition coefficient (Wildman–Crippen LogP) is 2.87. The van der Waals surface area contributed by atoms with E-state index in [4.69, 9.17) is 4.74 Å². The van der Waals surface area contributed by atoms with Crippen molar-refractivity contribution in [2.24, 2.45) is 0 Å². The molecule has 6 nitrogen and oxygen atoms in total. The summed E-state index contributed by atoms with van der Waals surface area (Å²) in [7, 11) is 0. The first-order valence-corrected chi connectivity index (χ1v) is 8.25. The summed E-state index contributed by atoms with van der Waals surface area (Å²) in [6.07, 6.45) is 0.540. The molecule has 128 valence electrons. The van der Waals surface area contributed by atoms with Gasteiger partial charge in [-0.2, -0.15) is 0 Å². The van der Waals surface area contributed by atoms with Crippen LogP contribution in [0.25, 0.3) is 10.8 Å². The molecule has 1 saturated heterocycles. The van der Waals surface area contributed by atoms with E-state index < -0.39 is 11.4 Å². The monoisotopic (exact) mass is 338 g/mol. The number of fused-ring (bicyclic) bond motifs is 3. The second-order valence-corrected chi connectivity index (χ2v) is 7.11. The van der Waals surface area contributed by atoms with E-state index in [0.29, 0.717) is 12.3 Å². The van der Waals surface area contributed by atoms with Crippen molar-refractivity contribution >= 4 is 34.4 Å². The minimum absolute atomic E-state index is 0.253. The minimum Gasteiger partial charge on any atom is -0.426 e. The van der Waals surface area contributed by atoms with Crippen molar-refractivity contribution in [2.45, 2.75) is 32.1 Å². The summed E-state index contributed by atoms with van der Waals surface area (Å²) in [4.78, 5) is 37.4. The zero-order chi connectivity index (χ0) is 17.8. The molecule has 3 amide bonds. The second-order valence-electron chi connectivity index (χ2n) is 7.11.